The van der Waals surface area contributed by atoms with Crippen molar-refractivity contribution in [3.05, 3.63) is 0 Å². The molecule has 0 aromatic heterocycles. The molecule has 0 fully saturated rings. The number of hydrogen-bond donors (Lipinski definition) is 1. The molecule has 1 N–H and O–H groups in total. The van der Waals surface area contributed by atoms with Crippen LogP contribution in [0, 0.1) is 5.92 Å². The first-order chi connectivity index (χ1) is 12.3. The first kappa shape index (κ1) is 25.0. The van der Waals surface area contributed by atoms with Gasteiger partial charge < -0.3 is 5.32 Å². The van der Waals surface area contributed by atoms with Gasteiger partial charge in [-0.05, 0) is 31.8 Å². The molecule has 25 heavy (non-hydrogen) atoms. The second kappa shape index (κ2) is 22.0. The van der Waals surface area contributed by atoms with E-state index in [4.69, 9.17) is 0 Å². The molecular formula is C24H51N. The minimum Gasteiger partial charge on any atom is -0.317 e. The van der Waals surface area contributed by atoms with Crippen LogP contribution in [0.15, 0.2) is 0 Å². The van der Waals surface area contributed by atoms with E-state index in [9.17, 15) is 0 Å². The Balaban J connectivity index is 3.41. The standard InChI is InChI=1S/C24H51N/c1-4-7-10-16-20-24(19-8-5-2)21-17-14-12-11-13-15-18-23-25-22-9-6-3/h24-25H,4-23H2,1-3H3. The predicted molar refractivity (Wildman–Crippen MR) is 116 cm³/mol. The normalized spacial score (nSPS) is 12.6. The summed E-state index contributed by atoms with van der Waals surface area (Å²) in [6.07, 6.45) is 25.9. The average Bonchev–Trinajstić information content (AvgIpc) is 2.63. The van der Waals surface area contributed by atoms with Gasteiger partial charge in [-0.25, -0.2) is 0 Å². The van der Waals surface area contributed by atoms with Crippen LogP contribution in [-0.4, -0.2) is 13.1 Å². The van der Waals surface area contributed by atoms with Crippen molar-refractivity contribution >= 4 is 0 Å². The Morgan fingerprint density at radius 1 is 0.440 bits per heavy atom. The molecule has 152 valence electrons. The van der Waals surface area contributed by atoms with E-state index in [1.807, 2.05) is 0 Å². The third-order valence-corrected chi connectivity index (χ3v) is 5.60. The highest BCUT2D eigenvalue weighted by Gasteiger charge is 2.07. The summed E-state index contributed by atoms with van der Waals surface area (Å²) >= 11 is 0. The van der Waals surface area contributed by atoms with Crippen molar-refractivity contribution < 1.29 is 0 Å². The van der Waals surface area contributed by atoms with Crippen molar-refractivity contribution in [3.8, 4) is 0 Å². The lowest BCUT2D eigenvalue weighted by Gasteiger charge is -2.16. The Kier molecular flexibility index (Phi) is 22.0. The van der Waals surface area contributed by atoms with Gasteiger partial charge in [0.25, 0.3) is 0 Å². The first-order valence-electron chi connectivity index (χ1n) is 12.1. The van der Waals surface area contributed by atoms with Crippen LogP contribution in [0.25, 0.3) is 0 Å². The van der Waals surface area contributed by atoms with E-state index in [1.54, 1.807) is 0 Å². The maximum atomic E-state index is 3.55. The number of unbranched alkanes of at least 4 members (excludes halogenated alkanes) is 11. The Hall–Kier alpha value is -0.0400. The third kappa shape index (κ3) is 20.1. The largest absolute Gasteiger partial charge is 0.317 e. The quantitative estimate of drug-likeness (QED) is 0.205. The van der Waals surface area contributed by atoms with Gasteiger partial charge in [0.05, 0.1) is 0 Å². The van der Waals surface area contributed by atoms with Gasteiger partial charge in [0.1, 0.15) is 0 Å². The van der Waals surface area contributed by atoms with Gasteiger partial charge >= 0.3 is 0 Å². The van der Waals surface area contributed by atoms with Crippen LogP contribution in [0.2, 0.25) is 0 Å². The Bertz CT molecular complexity index is 226. The predicted octanol–water partition coefficient (Wildman–Crippen LogP) is 8.27. The summed E-state index contributed by atoms with van der Waals surface area (Å²) < 4.78 is 0. The molecule has 0 spiro atoms. The van der Waals surface area contributed by atoms with Crippen LogP contribution in [-0.2, 0) is 0 Å². The van der Waals surface area contributed by atoms with Crippen molar-refractivity contribution in [1.29, 1.82) is 0 Å². The minimum absolute atomic E-state index is 1.03. The first-order valence-corrected chi connectivity index (χ1v) is 12.1. The average molecular weight is 354 g/mol. The Labute approximate surface area is 161 Å². The summed E-state index contributed by atoms with van der Waals surface area (Å²) in [5.41, 5.74) is 0. The summed E-state index contributed by atoms with van der Waals surface area (Å²) in [6.45, 7) is 9.37. The van der Waals surface area contributed by atoms with Crippen LogP contribution >= 0.6 is 0 Å². The number of rotatable bonds is 21. The molecule has 1 unspecified atom stereocenters. The van der Waals surface area contributed by atoms with E-state index in [0.29, 0.717) is 0 Å². The van der Waals surface area contributed by atoms with Crippen LogP contribution in [0.4, 0.5) is 0 Å². The lowest BCUT2D eigenvalue weighted by molar-refractivity contribution is 0.371. The summed E-state index contributed by atoms with van der Waals surface area (Å²) in [5, 5.41) is 3.55. The fourth-order valence-corrected chi connectivity index (χ4v) is 3.78. The zero-order chi connectivity index (χ0) is 18.4. The van der Waals surface area contributed by atoms with Crippen LogP contribution in [0.5, 0.6) is 0 Å². The van der Waals surface area contributed by atoms with Crippen molar-refractivity contribution in [2.75, 3.05) is 13.1 Å². The lowest BCUT2D eigenvalue weighted by Crippen LogP contribution is -2.16. The highest BCUT2D eigenvalue weighted by molar-refractivity contribution is 4.61. The zero-order valence-corrected chi connectivity index (χ0v) is 18.2. The molecule has 0 rings (SSSR count). The molecule has 1 heteroatoms. The fourth-order valence-electron chi connectivity index (χ4n) is 3.78. The second-order valence-electron chi connectivity index (χ2n) is 8.22. The molecule has 0 aromatic carbocycles. The summed E-state index contributed by atoms with van der Waals surface area (Å²) in [5.74, 6) is 1.03. The summed E-state index contributed by atoms with van der Waals surface area (Å²) in [6, 6.07) is 0. The second-order valence-corrected chi connectivity index (χ2v) is 8.22. The molecule has 0 heterocycles. The van der Waals surface area contributed by atoms with Crippen molar-refractivity contribution in [3.63, 3.8) is 0 Å². The maximum Gasteiger partial charge on any atom is -0.00489 e. The van der Waals surface area contributed by atoms with Crippen molar-refractivity contribution in [2.45, 2.75) is 136 Å². The van der Waals surface area contributed by atoms with Crippen molar-refractivity contribution in [1.82, 2.24) is 5.32 Å². The van der Waals surface area contributed by atoms with Gasteiger partial charge in [-0.15, -0.1) is 0 Å². The molecule has 0 saturated carbocycles. The topological polar surface area (TPSA) is 12.0 Å². The van der Waals surface area contributed by atoms with Crippen LogP contribution in [0.1, 0.15) is 136 Å². The monoisotopic (exact) mass is 353 g/mol. The Morgan fingerprint density at radius 3 is 1.48 bits per heavy atom. The van der Waals surface area contributed by atoms with Crippen LogP contribution in [0.3, 0.4) is 0 Å². The molecule has 0 aliphatic rings. The van der Waals surface area contributed by atoms with E-state index in [-0.39, 0.29) is 0 Å². The van der Waals surface area contributed by atoms with Gasteiger partial charge in [-0.2, -0.15) is 0 Å². The molecule has 1 atom stereocenters. The van der Waals surface area contributed by atoms with Crippen LogP contribution < -0.4 is 5.32 Å². The van der Waals surface area contributed by atoms with E-state index >= 15 is 0 Å². The fraction of sp³-hybridized carbons (Fsp3) is 1.00. The zero-order valence-electron chi connectivity index (χ0n) is 18.2. The molecule has 0 saturated heterocycles. The lowest BCUT2D eigenvalue weighted by atomic mass is 9.90. The van der Waals surface area contributed by atoms with E-state index in [0.717, 1.165) is 5.92 Å². The molecule has 1 nitrogen and oxygen atoms in total. The highest BCUT2D eigenvalue weighted by Crippen LogP contribution is 2.23. The summed E-state index contributed by atoms with van der Waals surface area (Å²) in [4.78, 5) is 0. The number of hydrogen-bond acceptors (Lipinski definition) is 1. The van der Waals surface area contributed by atoms with Gasteiger partial charge in [0, 0.05) is 0 Å². The molecule has 0 aliphatic carbocycles. The van der Waals surface area contributed by atoms with E-state index < -0.39 is 0 Å². The van der Waals surface area contributed by atoms with E-state index in [2.05, 4.69) is 26.1 Å². The molecule has 0 aliphatic heterocycles. The van der Waals surface area contributed by atoms with Gasteiger partial charge in [-0.1, -0.05) is 124 Å². The third-order valence-electron chi connectivity index (χ3n) is 5.60. The van der Waals surface area contributed by atoms with Crippen molar-refractivity contribution in [2.24, 2.45) is 5.92 Å². The SMILES string of the molecule is CCCCCCC(CCCC)CCCCCCCCCNCCCC. The van der Waals surface area contributed by atoms with Gasteiger partial charge in [0.15, 0.2) is 0 Å². The maximum absolute atomic E-state index is 3.55. The molecule has 0 aromatic rings. The van der Waals surface area contributed by atoms with Gasteiger partial charge in [0.2, 0.25) is 0 Å². The van der Waals surface area contributed by atoms with Gasteiger partial charge in [-0.3, -0.25) is 0 Å². The highest BCUT2D eigenvalue weighted by atomic mass is 14.8. The molecule has 0 bridgehead atoms. The minimum atomic E-state index is 1.03. The molecule has 0 radical (unpaired) electrons. The molecular weight excluding hydrogens is 302 g/mol. The Morgan fingerprint density at radius 2 is 0.880 bits per heavy atom. The summed E-state index contributed by atoms with van der Waals surface area (Å²) in [7, 11) is 0. The smallest absolute Gasteiger partial charge is 0.00489 e. The van der Waals surface area contributed by atoms with E-state index in [1.165, 1.54) is 129 Å². The number of nitrogens with one attached hydrogen (secondary N) is 1. The molecule has 0 amide bonds.